The molecule has 1 aromatic carbocycles. The molecule has 0 spiro atoms. The van der Waals surface area contributed by atoms with Crippen LogP contribution in [0, 0.1) is 0 Å². The number of methoxy groups -OCH3 is 1. The van der Waals surface area contributed by atoms with Gasteiger partial charge in [0.15, 0.2) is 0 Å². The SMILES string of the molecule is CCOCc1cc(CN2C3CCC2CC(O)(c2nccn2C)C3)ccc1OC. The van der Waals surface area contributed by atoms with Crippen LogP contribution < -0.4 is 4.74 Å². The average Bonchev–Trinajstić information content (AvgIpc) is 3.22. The first-order valence-corrected chi connectivity index (χ1v) is 10.2. The van der Waals surface area contributed by atoms with Crippen LogP contribution in [0.4, 0.5) is 0 Å². The summed E-state index contributed by atoms with van der Waals surface area (Å²) in [6.07, 6.45) is 7.46. The van der Waals surface area contributed by atoms with E-state index < -0.39 is 5.60 Å². The zero-order chi connectivity index (χ0) is 19.7. The molecule has 152 valence electrons. The molecule has 6 nitrogen and oxygen atoms in total. The second-order valence-corrected chi connectivity index (χ2v) is 8.14. The van der Waals surface area contributed by atoms with Crippen molar-refractivity contribution in [1.82, 2.24) is 14.5 Å². The van der Waals surface area contributed by atoms with E-state index in [1.807, 2.05) is 30.8 Å². The number of hydrogen-bond donors (Lipinski definition) is 1. The second kappa shape index (κ2) is 7.85. The molecule has 2 fully saturated rings. The van der Waals surface area contributed by atoms with Crippen LogP contribution in [0.15, 0.2) is 30.6 Å². The molecule has 2 unspecified atom stereocenters. The minimum absolute atomic E-state index is 0.387. The number of benzene rings is 1. The van der Waals surface area contributed by atoms with Crippen LogP contribution in [0.3, 0.4) is 0 Å². The van der Waals surface area contributed by atoms with E-state index in [0.29, 0.717) is 25.3 Å². The monoisotopic (exact) mass is 385 g/mol. The van der Waals surface area contributed by atoms with Gasteiger partial charge in [-0.3, -0.25) is 4.90 Å². The summed E-state index contributed by atoms with van der Waals surface area (Å²) in [6, 6.07) is 7.16. The summed E-state index contributed by atoms with van der Waals surface area (Å²) in [5.41, 5.74) is 1.55. The zero-order valence-electron chi connectivity index (χ0n) is 17.1. The molecule has 1 N–H and O–H groups in total. The highest BCUT2D eigenvalue weighted by Gasteiger charge is 2.49. The molecule has 28 heavy (non-hydrogen) atoms. The highest BCUT2D eigenvalue weighted by molar-refractivity contribution is 5.37. The molecule has 3 heterocycles. The summed E-state index contributed by atoms with van der Waals surface area (Å²) >= 11 is 0. The molecule has 0 radical (unpaired) electrons. The van der Waals surface area contributed by atoms with Crippen molar-refractivity contribution in [2.75, 3.05) is 13.7 Å². The summed E-state index contributed by atoms with van der Waals surface area (Å²) in [5.74, 6) is 1.68. The van der Waals surface area contributed by atoms with Crippen LogP contribution in [0.25, 0.3) is 0 Å². The third kappa shape index (κ3) is 3.56. The minimum atomic E-state index is -0.819. The van der Waals surface area contributed by atoms with Crippen molar-refractivity contribution in [3.8, 4) is 5.75 Å². The number of fused-ring (bicyclic) bond motifs is 2. The Kier molecular flexibility index (Phi) is 5.45. The van der Waals surface area contributed by atoms with Gasteiger partial charge in [0.05, 0.1) is 13.7 Å². The fraction of sp³-hybridized carbons (Fsp3) is 0.591. The highest BCUT2D eigenvalue weighted by Crippen LogP contribution is 2.45. The standard InChI is InChI=1S/C22H31N3O3/c1-4-28-15-17-11-16(5-8-20(17)27-3)14-25-18-6-7-19(25)13-22(26,12-18)21-23-9-10-24(21)2/h5,8-11,18-19,26H,4,6-7,12-15H2,1-3H3. The number of aromatic nitrogens is 2. The first kappa shape index (κ1) is 19.4. The molecule has 4 rings (SSSR count). The number of aliphatic hydroxyl groups is 1. The molecule has 2 atom stereocenters. The van der Waals surface area contributed by atoms with Crippen molar-refractivity contribution in [2.24, 2.45) is 7.05 Å². The normalized spacial score (nSPS) is 27.3. The van der Waals surface area contributed by atoms with E-state index in [0.717, 1.165) is 49.4 Å². The fourth-order valence-electron chi connectivity index (χ4n) is 5.04. The zero-order valence-corrected chi connectivity index (χ0v) is 17.1. The lowest BCUT2D eigenvalue weighted by Crippen LogP contribution is -2.50. The van der Waals surface area contributed by atoms with Gasteiger partial charge in [0, 0.05) is 50.2 Å². The Bertz CT molecular complexity index is 805. The van der Waals surface area contributed by atoms with Crippen LogP contribution in [-0.2, 0) is 30.5 Å². The van der Waals surface area contributed by atoms with Crippen molar-refractivity contribution in [1.29, 1.82) is 0 Å². The van der Waals surface area contributed by atoms with E-state index in [4.69, 9.17) is 9.47 Å². The van der Waals surface area contributed by atoms with Crippen molar-refractivity contribution in [2.45, 2.75) is 63.4 Å². The Morgan fingerprint density at radius 1 is 1.25 bits per heavy atom. The predicted octanol–water partition coefficient (Wildman–Crippen LogP) is 2.98. The maximum absolute atomic E-state index is 11.3. The Balaban J connectivity index is 1.51. The summed E-state index contributed by atoms with van der Waals surface area (Å²) in [7, 11) is 3.67. The van der Waals surface area contributed by atoms with Gasteiger partial charge >= 0.3 is 0 Å². The second-order valence-electron chi connectivity index (χ2n) is 8.14. The Morgan fingerprint density at radius 2 is 2.00 bits per heavy atom. The lowest BCUT2D eigenvalue weighted by Gasteiger charge is -2.43. The molecular weight excluding hydrogens is 354 g/mol. The van der Waals surface area contributed by atoms with Crippen LogP contribution in [0.2, 0.25) is 0 Å². The van der Waals surface area contributed by atoms with Gasteiger partial charge in [-0.05, 0) is 50.3 Å². The summed E-state index contributed by atoms with van der Waals surface area (Å²) in [5, 5.41) is 11.3. The molecule has 2 bridgehead atoms. The molecule has 2 aromatic rings. The largest absolute Gasteiger partial charge is 0.496 e. The molecule has 1 aromatic heterocycles. The first-order valence-electron chi connectivity index (χ1n) is 10.2. The smallest absolute Gasteiger partial charge is 0.140 e. The fourth-order valence-corrected chi connectivity index (χ4v) is 5.04. The Hall–Kier alpha value is -1.89. The third-order valence-electron chi connectivity index (χ3n) is 6.33. The van der Waals surface area contributed by atoms with E-state index in [2.05, 4.69) is 22.0 Å². The molecule has 2 aliphatic heterocycles. The van der Waals surface area contributed by atoms with Gasteiger partial charge in [-0.25, -0.2) is 4.98 Å². The van der Waals surface area contributed by atoms with Crippen molar-refractivity contribution < 1.29 is 14.6 Å². The van der Waals surface area contributed by atoms with E-state index >= 15 is 0 Å². The van der Waals surface area contributed by atoms with Crippen molar-refractivity contribution >= 4 is 0 Å². The number of nitrogens with zero attached hydrogens (tertiary/aromatic N) is 3. The maximum atomic E-state index is 11.3. The predicted molar refractivity (Wildman–Crippen MR) is 107 cm³/mol. The summed E-state index contributed by atoms with van der Waals surface area (Å²) < 4.78 is 13.0. The van der Waals surface area contributed by atoms with Gasteiger partial charge in [0.2, 0.25) is 0 Å². The lowest BCUT2D eigenvalue weighted by atomic mass is 9.85. The molecular formula is C22H31N3O3. The summed E-state index contributed by atoms with van der Waals surface area (Å²) in [4.78, 5) is 7.02. The Morgan fingerprint density at radius 3 is 2.61 bits per heavy atom. The first-order chi connectivity index (χ1) is 13.5. The van der Waals surface area contributed by atoms with Crippen molar-refractivity contribution in [3.63, 3.8) is 0 Å². The maximum Gasteiger partial charge on any atom is 0.140 e. The van der Waals surface area contributed by atoms with E-state index in [1.165, 1.54) is 5.56 Å². The number of piperidine rings is 1. The van der Waals surface area contributed by atoms with E-state index in [-0.39, 0.29) is 0 Å². The molecule has 0 amide bonds. The van der Waals surface area contributed by atoms with Gasteiger partial charge in [0.1, 0.15) is 17.2 Å². The molecule has 2 saturated heterocycles. The summed E-state index contributed by atoms with van der Waals surface area (Å²) in [6.45, 7) is 4.16. The van der Waals surface area contributed by atoms with Crippen LogP contribution in [0.5, 0.6) is 5.75 Å². The van der Waals surface area contributed by atoms with Gasteiger partial charge in [-0.1, -0.05) is 6.07 Å². The number of aryl methyl sites for hydroxylation is 1. The molecule has 0 aliphatic carbocycles. The van der Waals surface area contributed by atoms with Crippen LogP contribution in [-0.4, -0.2) is 45.4 Å². The molecule has 6 heteroatoms. The molecule has 2 aliphatic rings. The number of imidazole rings is 1. The highest BCUT2D eigenvalue weighted by atomic mass is 16.5. The van der Waals surface area contributed by atoms with Gasteiger partial charge in [-0.15, -0.1) is 0 Å². The quantitative estimate of drug-likeness (QED) is 0.794. The third-order valence-corrected chi connectivity index (χ3v) is 6.33. The minimum Gasteiger partial charge on any atom is -0.496 e. The Labute approximate surface area is 167 Å². The average molecular weight is 386 g/mol. The number of ether oxygens (including phenoxy) is 2. The van der Waals surface area contributed by atoms with Crippen molar-refractivity contribution in [3.05, 3.63) is 47.5 Å². The molecule has 0 saturated carbocycles. The van der Waals surface area contributed by atoms with Gasteiger partial charge < -0.3 is 19.1 Å². The van der Waals surface area contributed by atoms with Gasteiger partial charge in [-0.2, -0.15) is 0 Å². The topological polar surface area (TPSA) is 59.8 Å². The van der Waals surface area contributed by atoms with Crippen LogP contribution in [0.1, 0.15) is 49.6 Å². The number of rotatable bonds is 7. The number of hydrogen-bond acceptors (Lipinski definition) is 5. The van der Waals surface area contributed by atoms with Crippen LogP contribution >= 0.6 is 0 Å². The lowest BCUT2D eigenvalue weighted by molar-refractivity contribution is -0.0669. The van der Waals surface area contributed by atoms with Gasteiger partial charge in [0.25, 0.3) is 0 Å². The van der Waals surface area contributed by atoms with E-state index in [1.54, 1.807) is 13.3 Å². The van der Waals surface area contributed by atoms with E-state index in [9.17, 15) is 5.11 Å².